The molecule has 3 N–H and O–H groups in total. The van der Waals surface area contributed by atoms with Crippen molar-refractivity contribution < 1.29 is 14.3 Å². The molecule has 0 atom stereocenters. The van der Waals surface area contributed by atoms with Crippen molar-refractivity contribution in [2.24, 2.45) is 0 Å². The Bertz CT molecular complexity index is 1010. The number of ether oxygens (including phenoxy) is 1. The Labute approximate surface area is 174 Å². The molecule has 3 aromatic rings. The number of rotatable bonds is 8. The van der Waals surface area contributed by atoms with Gasteiger partial charge in [0.05, 0.1) is 18.4 Å². The van der Waals surface area contributed by atoms with E-state index in [1.54, 1.807) is 36.5 Å². The van der Waals surface area contributed by atoms with Gasteiger partial charge < -0.3 is 15.5 Å². The Morgan fingerprint density at radius 1 is 1.00 bits per heavy atom. The first-order valence-corrected chi connectivity index (χ1v) is 9.17. The minimum absolute atomic E-state index is 0.214. The molecule has 0 aliphatic carbocycles. The van der Waals surface area contributed by atoms with Crippen molar-refractivity contribution >= 4 is 23.3 Å². The molecule has 0 bridgehead atoms. The predicted molar refractivity (Wildman–Crippen MR) is 113 cm³/mol. The van der Waals surface area contributed by atoms with Crippen LogP contribution in [0.3, 0.4) is 0 Å². The number of amides is 1. The van der Waals surface area contributed by atoms with Crippen LogP contribution >= 0.6 is 0 Å². The highest BCUT2D eigenvalue weighted by atomic mass is 16.5. The second kappa shape index (κ2) is 10.4. The van der Waals surface area contributed by atoms with Gasteiger partial charge in [-0.3, -0.25) is 15.2 Å². The fraction of sp³-hybridized carbons (Fsp3) is 0.0909. The summed E-state index contributed by atoms with van der Waals surface area (Å²) in [6, 6.07) is 18.2. The zero-order valence-electron chi connectivity index (χ0n) is 16.3. The fourth-order valence-corrected chi connectivity index (χ4v) is 2.53. The van der Waals surface area contributed by atoms with Gasteiger partial charge in [-0.1, -0.05) is 36.4 Å². The summed E-state index contributed by atoms with van der Waals surface area (Å²) in [5.74, 6) is -0.272. The van der Waals surface area contributed by atoms with Gasteiger partial charge in [0.2, 0.25) is 0 Å². The number of nitrogens with zero attached hydrogens (tertiary/aromatic N) is 2. The maximum Gasteiger partial charge on any atom is 0.341 e. The molecular weight excluding hydrogens is 382 g/mol. The molecule has 8 nitrogen and oxygen atoms in total. The maximum atomic E-state index is 12.2. The summed E-state index contributed by atoms with van der Waals surface area (Å²) in [5, 5.41) is 2.85. The van der Waals surface area contributed by atoms with Gasteiger partial charge >= 0.3 is 5.97 Å². The van der Waals surface area contributed by atoms with E-state index in [4.69, 9.17) is 4.74 Å². The van der Waals surface area contributed by atoms with Crippen molar-refractivity contribution in [2.75, 3.05) is 12.5 Å². The highest BCUT2D eigenvalue weighted by Gasteiger charge is 2.13. The number of aromatic nitrogens is 2. The number of anilines is 1. The van der Waals surface area contributed by atoms with Gasteiger partial charge in [0.1, 0.15) is 11.4 Å². The van der Waals surface area contributed by atoms with Crippen molar-refractivity contribution in [1.82, 2.24) is 20.7 Å². The molecule has 30 heavy (non-hydrogen) atoms. The van der Waals surface area contributed by atoms with E-state index < -0.39 is 5.97 Å². The summed E-state index contributed by atoms with van der Waals surface area (Å²) >= 11 is 0. The number of hydrogen-bond acceptors (Lipinski definition) is 7. The van der Waals surface area contributed by atoms with Crippen LogP contribution in [0.5, 0.6) is 0 Å². The summed E-state index contributed by atoms with van der Waals surface area (Å²) in [4.78, 5) is 32.6. The van der Waals surface area contributed by atoms with E-state index in [0.29, 0.717) is 23.6 Å². The maximum absolute atomic E-state index is 12.2. The van der Waals surface area contributed by atoms with E-state index in [1.165, 1.54) is 19.5 Å². The average molecular weight is 403 g/mol. The molecule has 2 heterocycles. The lowest BCUT2D eigenvalue weighted by Crippen LogP contribution is -2.23. The third kappa shape index (κ3) is 5.65. The number of carbonyl (C=O) groups is 2. The molecule has 152 valence electrons. The molecule has 0 saturated carbocycles. The quantitative estimate of drug-likeness (QED) is 0.302. The predicted octanol–water partition coefficient (Wildman–Crippen LogP) is 2.54. The van der Waals surface area contributed by atoms with Crippen LogP contribution in [0.2, 0.25) is 0 Å². The average Bonchev–Trinajstić information content (AvgIpc) is 2.81. The van der Waals surface area contributed by atoms with Crippen molar-refractivity contribution in [3.05, 3.63) is 96.1 Å². The van der Waals surface area contributed by atoms with E-state index in [9.17, 15) is 9.59 Å². The molecule has 8 heteroatoms. The minimum atomic E-state index is -0.526. The zero-order valence-corrected chi connectivity index (χ0v) is 16.3. The Morgan fingerprint density at radius 2 is 1.80 bits per heavy atom. The van der Waals surface area contributed by atoms with E-state index in [-0.39, 0.29) is 11.5 Å². The second-order valence-corrected chi connectivity index (χ2v) is 6.13. The van der Waals surface area contributed by atoms with E-state index in [2.05, 4.69) is 26.1 Å². The van der Waals surface area contributed by atoms with Gasteiger partial charge in [0.25, 0.3) is 5.91 Å². The molecule has 2 aromatic heterocycles. The number of nitrogens with one attached hydrogen (secondary N) is 3. The largest absolute Gasteiger partial charge is 0.465 e. The van der Waals surface area contributed by atoms with Crippen molar-refractivity contribution in [2.45, 2.75) is 6.54 Å². The SMILES string of the molecule is COC(=O)/C(=C/NNc1ccc(C(=O)NCc2ccccc2)cn1)c1ccccn1. The Balaban J connectivity index is 1.57. The summed E-state index contributed by atoms with van der Waals surface area (Å²) in [7, 11) is 1.30. The first-order chi connectivity index (χ1) is 14.7. The number of hydrazine groups is 1. The number of methoxy groups -OCH3 is 1. The summed E-state index contributed by atoms with van der Waals surface area (Å²) in [5.41, 5.74) is 7.82. The Kier molecular flexibility index (Phi) is 7.10. The lowest BCUT2D eigenvalue weighted by Gasteiger charge is -2.09. The van der Waals surface area contributed by atoms with Gasteiger partial charge in [-0.25, -0.2) is 9.78 Å². The molecule has 1 amide bonds. The van der Waals surface area contributed by atoms with Gasteiger partial charge in [-0.2, -0.15) is 0 Å². The Hall–Kier alpha value is -4.20. The van der Waals surface area contributed by atoms with Crippen LogP contribution in [0.15, 0.2) is 79.3 Å². The topological polar surface area (TPSA) is 105 Å². The molecule has 0 spiro atoms. The van der Waals surface area contributed by atoms with E-state index in [1.807, 2.05) is 30.3 Å². The first-order valence-electron chi connectivity index (χ1n) is 9.17. The van der Waals surface area contributed by atoms with E-state index in [0.717, 1.165) is 5.56 Å². The standard InChI is InChI=1S/C22H21N5O3/c1-30-22(29)18(19-9-5-6-12-23-19)15-26-27-20-11-10-17(14-24-20)21(28)25-13-16-7-3-2-4-8-16/h2-12,14-15,26H,13H2,1H3,(H,24,27)(H,25,28)/b18-15+. The van der Waals surface area contributed by atoms with Crippen LogP contribution in [0.25, 0.3) is 5.57 Å². The molecular formula is C22H21N5O3. The zero-order chi connectivity index (χ0) is 21.2. The molecule has 0 radical (unpaired) electrons. The lowest BCUT2D eigenvalue weighted by molar-refractivity contribution is -0.133. The molecule has 0 saturated heterocycles. The van der Waals surface area contributed by atoms with Gasteiger partial charge in [-0.15, -0.1) is 0 Å². The first kappa shape index (κ1) is 20.5. The van der Waals surface area contributed by atoms with Crippen LogP contribution in [0, 0.1) is 0 Å². The number of pyridine rings is 2. The number of carbonyl (C=O) groups excluding carboxylic acids is 2. The highest BCUT2D eigenvalue weighted by molar-refractivity contribution is 6.15. The molecule has 0 aliphatic rings. The molecule has 0 aliphatic heterocycles. The third-order valence-corrected chi connectivity index (χ3v) is 4.08. The second-order valence-electron chi connectivity index (χ2n) is 6.13. The smallest absolute Gasteiger partial charge is 0.341 e. The highest BCUT2D eigenvalue weighted by Crippen LogP contribution is 2.12. The Morgan fingerprint density at radius 3 is 2.47 bits per heavy atom. The lowest BCUT2D eigenvalue weighted by atomic mass is 10.2. The number of benzene rings is 1. The van der Waals surface area contributed by atoms with Crippen LogP contribution in [-0.4, -0.2) is 29.0 Å². The molecule has 1 aromatic carbocycles. The van der Waals surface area contributed by atoms with Crippen molar-refractivity contribution in [3.8, 4) is 0 Å². The minimum Gasteiger partial charge on any atom is -0.465 e. The third-order valence-electron chi connectivity index (χ3n) is 4.08. The molecule has 0 fully saturated rings. The van der Waals surface area contributed by atoms with Gasteiger partial charge in [0.15, 0.2) is 0 Å². The normalized spacial score (nSPS) is 10.8. The van der Waals surface area contributed by atoms with Gasteiger partial charge in [-0.05, 0) is 29.8 Å². The van der Waals surface area contributed by atoms with Crippen LogP contribution in [0.1, 0.15) is 21.6 Å². The summed E-state index contributed by atoms with van der Waals surface area (Å²) < 4.78 is 4.79. The van der Waals surface area contributed by atoms with Crippen LogP contribution in [0.4, 0.5) is 5.82 Å². The summed E-state index contributed by atoms with van der Waals surface area (Å²) in [6.07, 6.45) is 4.49. The van der Waals surface area contributed by atoms with Crippen molar-refractivity contribution in [3.63, 3.8) is 0 Å². The van der Waals surface area contributed by atoms with Gasteiger partial charge in [0, 0.05) is 25.1 Å². The van der Waals surface area contributed by atoms with Crippen LogP contribution in [-0.2, 0) is 16.1 Å². The van der Waals surface area contributed by atoms with E-state index >= 15 is 0 Å². The number of hydrogen-bond donors (Lipinski definition) is 3. The monoisotopic (exact) mass is 403 g/mol. The summed E-state index contributed by atoms with van der Waals surface area (Å²) in [6.45, 7) is 0.440. The molecule has 3 rings (SSSR count). The van der Waals surface area contributed by atoms with Crippen LogP contribution < -0.4 is 16.2 Å². The fourth-order valence-electron chi connectivity index (χ4n) is 2.53. The van der Waals surface area contributed by atoms with Crippen molar-refractivity contribution in [1.29, 1.82) is 0 Å². The number of esters is 1. The molecule has 0 unspecified atom stereocenters.